The highest BCUT2D eigenvalue weighted by molar-refractivity contribution is 5.95. The van der Waals surface area contributed by atoms with Gasteiger partial charge in [0.15, 0.2) is 0 Å². The molecule has 6 heteroatoms. The second-order valence-corrected chi connectivity index (χ2v) is 6.08. The molecule has 0 aliphatic carbocycles. The van der Waals surface area contributed by atoms with Crippen molar-refractivity contribution >= 4 is 5.91 Å². The first-order valence-electron chi connectivity index (χ1n) is 8.28. The Kier molecular flexibility index (Phi) is 4.12. The predicted octanol–water partition coefficient (Wildman–Crippen LogP) is 2.65. The lowest BCUT2D eigenvalue weighted by atomic mass is 10.1. The Morgan fingerprint density at radius 3 is 2.46 bits per heavy atom. The highest BCUT2D eigenvalue weighted by atomic mass is 16.5. The molecular formula is C20H16N4O2. The molecule has 128 valence electrons. The first-order chi connectivity index (χ1) is 12.7. The highest BCUT2D eigenvalue weighted by Gasteiger charge is 2.33. The lowest BCUT2D eigenvalue weighted by molar-refractivity contribution is 0.0160. The predicted molar refractivity (Wildman–Crippen MR) is 95.0 cm³/mol. The second kappa shape index (κ2) is 6.73. The van der Waals surface area contributed by atoms with Gasteiger partial charge in [0.1, 0.15) is 12.2 Å². The number of ether oxygens (including phenoxy) is 1. The number of likely N-dealkylation sites (tertiary alicyclic amines) is 1. The van der Waals surface area contributed by atoms with Gasteiger partial charge in [-0.05, 0) is 42.5 Å². The summed E-state index contributed by atoms with van der Waals surface area (Å²) in [5.74, 6) is 0.467. The maximum absolute atomic E-state index is 12.5. The molecule has 1 aliphatic heterocycles. The van der Waals surface area contributed by atoms with E-state index in [1.54, 1.807) is 17.0 Å². The third-order valence-electron chi connectivity index (χ3n) is 4.30. The number of hydrogen-bond acceptors (Lipinski definition) is 4. The molecule has 0 radical (unpaired) electrons. The molecule has 26 heavy (non-hydrogen) atoms. The number of amides is 1. The lowest BCUT2D eigenvalue weighted by Crippen LogP contribution is -2.56. The minimum atomic E-state index is -0.0708. The van der Waals surface area contributed by atoms with Gasteiger partial charge in [-0.25, -0.2) is 4.98 Å². The summed E-state index contributed by atoms with van der Waals surface area (Å²) in [6.45, 7) is 1.06. The van der Waals surface area contributed by atoms with Gasteiger partial charge in [-0.2, -0.15) is 5.26 Å². The van der Waals surface area contributed by atoms with Gasteiger partial charge in [-0.1, -0.05) is 0 Å². The van der Waals surface area contributed by atoms with Crippen molar-refractivity contribution in [2.45, 2.75) is 6.10 Å². The lowest BCUT2D eigenvalue weighted by Gasteiger charge is -2.38. The number of carbonyl (C=O) groups is 1. The minimum Gasteiger partial charge on any atom is -0.471 e. The topological polar surface area (TPSA) is 71.2 Å². The van der Waals surface area contributed by atoms with Crippen LogP contribution < -0.4 is 4.74 Å². The van der Waals surface area contributed by atoms with Crippen molar-refractivity contribution in [1.29, 1.82) is 5.26 Å². The molecule has 1 aromatic carbocycles. The molecule has 1 saturated heterocycles. The summed E-state index contributed by atoms with van der Waals surface area (Å²) in [5, 5.41) is 8.77. The number of pyridine rings is 1. The number of benzene rings is 1. The Labute approximate surface area is 150 Å². The molecule has 1 fully saturated rings. The fourth-order valence-electron chi connectivity index (χ4n) is 2.83. The van der Waals surface area contributed by atoms with Gasteiger partial charge < -0.3 is 14.2 Å². The van der Waals surface area contributed by atoms with Crippen LogP contribution in [0.25, 0.3) is 5.69 Å². The van der Waals surface area contributed by atoms with Crippen LogP contribution in [-0.4, -0.2) is 39.6 Å². The van der Waals surface area contributed by atoms with E-state index in [1.807, 2.05) is 59.4 Å². The summed E-state index contributed by atoms with van der Waals surface area (Å²) < 4.78 is 7.71. The first kappa shape index (κ1) is 15.9. The maximum Gasteiger partial charge on any atom is 0.254 e. The summed E-state index contributed by atoms with van der Waals surface area (Å²) in [6, 6.07) is 16.8. The van der Waals surface area contributed by atoms with Crippen molar-refractivity contribution in [2.24, 2.45) is 0 Å². The van der Waals surface area contributed by atoms with Crippen molar-refractivity contribution in [3.05, 3.63) is 78.2 Å². The first-order valence-corrected chi connectivity index (χ1v) is 8.28. The number of hydrogen-bond donors (Lipinski definition) is 0. The van der Waals surface area contributed by atoms with Gasteiger partial charge in [-0.15, -0.1) is 0 Å². The standard InChI is InChI=1S/C20H16N4O2/c21-11-15-3-8-19(22-12-15)26-18-13-24(14-18)20(25)16-4-6-17(7-5-16)23-9-1-2-10-23/h1-10,12,18H,13-14H2. The molecule has 1 aliphatic rings. The normalized spacial score (nSPS) is 13.7. The van der Waals surface area contributed by atoms with Crippen molar-refractivity contribution in [1.82, 2.24) is 14.5 Å². The highest BCUT2D eigenvalue weighted by Crippen LogP contribution is 2.19. The summed E-state index contributed by atoms with van der Waals surface area (Å²) in [4.78, 5) is 18.4. The number of nitriles is 1. The Bertz CT molecular complexity index is 935. The Balaban J connectivity index is 1.33. The summed E-state index contributed by atoms with van der Waals surface area (Å²) >= 11 is 0. The van der Waals surface area contributed by atoms with Gasteiger partial charge in [-0.3, -0.25) is 4.79 Å². The summed E-state index contributed by atoms with van der Waals surface area (Å²) in [5.41, 5.74) is 2.17. The van der Waals surface area contributed by atoms with Crippen molar-refractivity contribution in [3.8, 4) is 17.6 Å². The van der Waals surface area contributed by atoms with Crippen molar-refractivity contribution in [2.75, 3.05) is 13.1 Å². The fourth-order valence-corrected chi connectivity index (χ4v) is 2.83. The van der Waals surface area contributed by atoms with Gasteiger partial charge in [0.2, 0.25) is 5.88 Å². The van der Waals surface area contributed by atoms with Gasteiger partial charge in [0.25, 0.3) is 5.91 Å². The van der Waals surface area contributed by atoms with Gasteiger partial charge in [0.05, 0.1) is 18.7 Å². The SMILES string of the molecule is N#Cc1ccc(OC2CN(C(=O)c3ccc(-n4cccc4)cc3)C2)nc1. The van der Waals surface area contributed by atoms with E-state index in [0.29, 0.717) is 30.1 Å². The smallest absolute Gasteiger partial charge is 0.254 e. The van der Waals surface area contributed by atoms with E-state index in [9.17, 15) is 4.79 Å². The summed E-state index contributed by atoms with van der Waals surface area (Å²) in [6.07, 6.45) is 5.33. The molecule has 2 aromatic heterocycles. The monoisotopic (exact) mass is 344 g/mol. The van der Waals surface area contributed by atoms with Crippen LogP contribution in [0.15, 0.2) is 67.1 Å². The third kappa shape index (κ3) is 3.15. The Morgan fingerprint density at radius 2 is 1.85 bits per heavy atom. The van der Waals surface area contributed by atoms with Gasteiger partial charge in [0, 0.05) is 35.9 Å². The van der Waals surface area contributed by atoms with E-state index in [4.69, 9.17) is 10.00 Å². The average molecular weight is 344 g/mol. The molecule has 0 bridgehead atoms. The Morgan fingerprint density at radius 1 is 1.12 bits per heavy atom. The zero-order valence-electron chi connectivity index (χ0n) is 13.9. The molecule has 0 N–H and O–H groups in total. The van der Waals surface area contributed by atoms with Crippen molar-refractivity contribution in [3.63, 3.8) is 0 Å². The van der Waals surface area contributed by atoms with Crippen LogP contribution in [0.4, 0.5) is 0 Å². The molecule has 6 nitrogen and oxygen atoms in total. The average Bonchev–Trinajstić information content (AvgIpc) is 3.19. The van der Waals surface area contributed by atoms with E-state index >= 15 is 0 Å². The number of carbonyl (C=O) groups excluding carboxylic acids is 1. The van der Waals surface area contributed by atoms with Crippen LogP contribution in [0, 0.1) is 11.3 Å². The summed E-state index contributed by atoms with van der Waals surface area (Å²) in [7, 11) is 0. The largest absolute Gasteiger partial charge is 0.471 e. The molecular weight excluding hydrogens is 328 g/mol. The fraction of sp³-hybridized carbons (Fsp3) is 0.150. The van der Waals surface area contributed by atoms with E-state index in [2.05, 4.69) is 4.98 Å². The van der Waals surface area contributed by atoms with Crippen LogP contribution in [-0.2, 0) is 0 Å². The van der Waals surface area contributed by atoms with Crippen LogP contribution in [0.3, 0.4) is 0 Å². The molecule has 0 spiro atoms. The zero-order valence-corrected chi connectivity index (χ0v) is 13.9. The molecule has 3 heterocycles. The maximum atomic E-state index is 12.5. The van der Waals surface area contributed by atoms with Crippen LogP contribution in [0.1, 0.15) is 15.9 Å². The minimum absolute atomic E-state index is 0.00306. The number of rotatable bonds is 4. The van der Waals surface area contributed by atoms with E-state index in [1.165, 1.54) is 6.20 Å². The number of nitrogens with zero attached hydrogens (tertiary/aromatic N) is 4. The molecule has 3 aromatic rings. The van der Waals surface area contributed by atoms with E-state index < -0.39 is 0 Å². The molecule has 0 unspecified atom stereocenters. The second-order valence-electron chi connectivity index (χ2n) is 6.08. The van der Waals surface area contributed by atoms with E-state index in [0.717, 1.165) is 5.69 Å². The van der Waals surface area contributed by atoms with Crippen LogP contribution in [0.2, 0.25) is 0 Å². The molecule has 0 saturated carbocycles. The number of aromatic nitrogens is 2. The van der Waals surface area contributed by atoms with Crippen molar-refractivity contribution < 1.29 is 9.53 Å². The van der Waals surface area contributed by atoms with Gasteiger partial charge >= 0.3 is 0 Å². The van der Waals surface area contributed by atoms with E-state index in [-0.39, 0.29) is 12.0 Å². The Hall–Kier alpha value is -3.59. The molecule has 4 rings (SSSR count). The van der Waals surface area contributed by atoms with Crippen LogP contribution >= 0.6 is 0 Å². The molecule has 0 atom stereocenters. The third-order valence-corrected chi connectivity index (χ3v) is 4.30. The van der Waals surface area contributed by atoms with Crippen LogP contribution in [0.5, 0.6) is 5.88 Å². The molecule has 1 amide bonds. The zero-order chi connectivity index (χ0) is 17.9. The quantitative estimate of drug-likeness (QED) is 0.729.